The largest absolute Gasteiger partial charge is 0.373 e. The molecule has 1 aromatic carbocycles. The van der Waals surface area contributed by atoms with Gasteiger partial charge in [0.05, 0.1) is 5.56 Å². The number of carbonyl (C=O) groups is 1. The quantitative estimate of drug-likeness (QED) is 0.612. The van der Waals surface area contributed by atoms with Crippen LogP contribution in [0.2, 0.25) is 0 Å². The van der Waals surface area contributed by atoms with Gasteiger partial charge in [-0.05, 0) is 50.2 Å². The van der Waals surface area contributed by atoms with Crippen LogP contribution in [0.1, 0.15) is 49.0 Å². The van der Waals surface area contributed by atoms with Crippen LogP contribution in [0.15, 0.2) is 24.3 Å². The lowest BCUT2D eigenvalue weighted by Gasteiger charge is -2.29. The first-order chi connectivity index (χ1) is 9.04. The molecule has 2 rings (SSSR count). The van der Waals surface area contributed by atoms with Crippen molar-refractivity contribution in [3.05, 3.63) is 35.4 Å². The van der Waals surface area contributed by atoms with Gasteiger partial charge in [-0.25, -0.2) is 4.79 Å². The number of rotatable bonds is 3. The Balaban J connectivity index is 1.84. The van der Waals surface area contributed by atoms with Gasteiger partial charge in [-0.1, -0.05) is 31.5 Å². The number of carbonyl (C=O) groups excluding carboxylic acids is 1. The predicted octanol–water partition coefficient (Wildman–Crippen LogP) is 3.91. The first-order valence-corrected chi connectivity index (χ1v) is 6.99. The molecule has 19 heavy (non-hydrogen) atoms. The van der Waals surface area contributed by atoms with Gasteiger partial charge in [-0.2, -0.15) is 4.89 Å². The molecule has 3 heteroatoms. The smallest absolute Gasteiger partial charge is 0.293 e. The zero-order chi connectivity index (χ0) is 13.8. The molecule has 0 aliphatic heterocycles. The van der Waals surface area contributed by atoms with Crippen molar-refractivity contribution >= 4 is 5.97 Å². The maximum absolute atomic E-state index is 11.8. The molecule has 0 saturated heterocycles. The third-order valence-electron chi connectivity index (χ3n) is 3.68. The average molecular weight is 262 g/mol. The van der Waals surface area contributed by atoms with Crippen LogP contribution in [0.25, 0.3) is 0 Å². The van der Waals surface area contributed by atoms with E-state index in [1.165, 1.54) is 6.42 Å². The average Bonchev–Trinajstić information content (AvgIpc) is 2.36. The molecule has 2 unspecified atom stereocenters. The summed E-state index contributed by atoms with van der Waals surface area (Å²) in [6, 6.07) is 7.29. The molecule has 0 amide bonds. The zero-order valence-electron chi connectivity index (χ0n) is 11.9. The molecule has 3 nitrogen and oxygen atoms in total. The normalized spacial score (nSPS) is 27.0. The molecule has 1 saturated carbocycles. The second-order valence-corrected chi connectivity index (χ2v) is 5.87. The van der Waals surface area contributed by atoms with E-state index < -0.39 is 5.97 Å². The second kappa shape index (κ2) is 6.20. The third-order valence-corrected chi connectivity index (χ3v) is 3.68. The SMILES string of the molecule is Cc1ccc(C(=O)OOC2CC(C)CC(C)C2)cc1. The zero-order valence-corrected chi connectivity index (χ0v) is 11.9. The number of hydrogen-bond donors (Lipinski definition) is 0. The van der Waals surface area contributed by atoms with Crippen molar-refractivity contribution in [3.8, 4) is 0 Å². The van der Waals surface area contributed by atoms with Gasteiger partial charge in [-0.15, -0.1) is 0 Å². The Kier molecular flexibility index (Phi) is 4.59. The summed E-state index contributed by atoms with van der Waals surface area (Å²) in [6.07, 6.45) is 3.19. The molecule has 1 aliphatic carbocycles. The van der Waals surface area contributed by atoms with E-state index in [0.29, 0.717) is 17.4 Å². The molecule has 2 atom stereocenters. The molecule has 1 aliphatic rings. The van der Waals surface area contributed by atoms with Gasteiger partial charge in [0.1, 0.15) is 6.10 Å². The van der Waals surface area contributed by atoms with E-state index in [0.717, 1.165) is 18.4 Å². The fraction of sp³-hybridized carbons (Fsp3) is 0.562. The van der Waals surface area contributed by atoms with Gasteiger partial charge in [0.25, 0.3) is 0 Å². The van der Waals surface area contributed by atoms with E-state index in [1.807, 2.05) is 19.1 Å². The summed E-state index contributed by atoms with van der Waals surface area (Å²) in [5, 5.41) is 0. The minimum Gasteiger partial charge on any atom is -0.293 e. The molecule has 1 aromatic rings. The van der Waals surface area contributed by atoms with Gasteiger partial charge in [0, 0.05) is 0 Å². The summed E-state index contributed by atoms with van der Waals surface area (Å²) in [6.45, 7) is 6.41. The Morgan fingerprint density at radius 1 is 1.05 bits per heavy atom. The summed E-state index contributed by atoms with van der Waals surface area (Å²) in [5.41, 5.74) is 1.65. The number of benzene rings is 1. The molecule has 0 spiro atoms. The molecule has 0 heterocycles. The summed E-state index contributed by atoms with van der Waals surface area (Å²) >= 11 is 0. The highest BCUT2D eigenvalue weighted by Crippen LogP contribution is 2.30. The van der Waals surface area contributed by atoms with E-state index in [9.17, 15) is 4.79 Å². The Labute approximate surface area is 114 Å². The van der Waals surface area contributed by atoms with Crippen molar-refractivity contribution in [3.63, 3.8) is 0 Å². The lowest BCUT2D eigenvalue weighted by molar-refractivity contribution is -0.284. The molecule has 104 valence electrons. The lowest BCUT2D eigenvalue weighted by Crippen LogP contribution is -2.27. The maximum Gasteiger partial charge on any atom is 0.373 e. The van der Waals surface area contributed by atoms with E-state index in [4.69, 9.17) is 9.78 Å². The minimum absolute atomic E-state index is 0.0353. The first-order valence-electron chi connectivity index (χ1n) is 6.99. The molecular formula is C16H22O3. The Hall–Kier alpha value is -1.35. The molecule has 0 bridgehead atoms. The molecular weight excluding hydrogens is 240 g/mol. The van der Waals surface area contributed by atoms with Gasteiger partial charge in [0.2, 0.25) is 0 Å². The van der Waals surface area contributed by atoms with E-state index in [-0.39, 0.29) is 6.10 Å². The van der Waals surface area contributed by atoms with Crippen LogP contribution >= 0.6 is 0 Å². The van der Waals surface area contributed by atoms with Crippen molar-refractivity contribution in [2.75, 3.05) is 0 Å². The van der Waals surface area contributed by atoms with Crippen LogP contribution < -0.4 is 0 Å². The van der Waals surface area contributed by atoms with E-state index in [2.05, 4.69) is 13.8 Å². The topological polar surface area (TPSA) is 35.5 Å². The lowest BCUT2D eigenvalue weighted by atomic mass is 9.82. The monoisotopic (exact) mass is 262 g/mol. The highest BCUT2D eigenvalue weighted by Gasteiger charge is 2.26. The van der Waals surface area contributed by atoms with Crippen LogP contribution in [0.5, 0.6) is 0 Å². The Bertz CT molecular complexity index is 414. The van der Waals surface area contributed by atoms with Gasteiger partial charge >= 0.3 is 5.97 Å². The van der Waals surface area contributed by atoms with Crippen molar-refractivity contribution in [2.24, 2.45) is 11.8 Å². The van der Waals surface area contributed by atoms with Crippen LogP contribution in [-0.2, 0) is 9.78 Å². The third kappa shape index (κ3) is 4.06. The van der Waals surface area contributed by atoms with Crippen LogP contribution in [0.4, 0.5) is 0 Å². The van der Waals surface area contributed by atoms with E-state index >= 15 is 0 Å². The van der Waals surface area contributed by atoms with Gasteiger partial charge in [-0.3, -0.25) is 4.89 Å². The van der Waals surface area contributed by atoms with Crippen molar-refractivity contribution in [1.29, 1.82) is 0 Å². The van der Waals surface area contributed by atoms with Crippen LogP contribution in [-0.4, -0.2) is 12.1 Å². The van der Waals surface area contributed by atoms with Gasteiger partial charge < -0.3 is 0 Å². The molecule has 1 fully saturated rings. The van der Waals surface area contributed by atoms with Crippen molar-refractivity contribution < 1.29 is 14.6 Å². The standard InChI is InChI=1S/C16H22O3/c1-11-4-6-14(7-5-11)16(17)19-18-15-9-12(2)8-13(3)10-15/h4-7,12-13,15H,8-10H2,1-3H3. The van der Waals surface area contributed by atoms with Crippen molar-refractivity contribution in [2.45, 2.75) is 46.1 Å². The van der Waals surface area contributed by atoms with Crippen molar-refractivity contribution in [1.82, 2.24) is 0 Å². The highest BCUT2D eigenvalue weighted by molar-refractivity contribution is 5.88. The predicted molar refractivity (Wildman–Crippen MR) is 73.6 cm³/mol. The summed E-state index contributed by atoms with van der Waals surface area (Å²) in [7, 11) is 0. The molecule has 0 N–H and O–H groups in total. The number of hydrogen-bond acceptors (Lipinski definition) is 3. The van der Waals surface area contributed by atoms with E-state index in [1.54, 1.807) is 12.1 Å². The van der Waals surface area contributed by atoms with Gasteiger partial charge in [0.15, 0.2) is 0 Å². The highest BCUT2D eigenvalue weighted by atomic mass is 17.2. The second-order valence-electron chi connectivity index (χ2n) is 5.87. The molecule has 0 radical (unpaired) electrons. The Morgan fingerprint density at radius 3 is 2.21 bits per heavy atom. The first kappa shape index (κ1) is 14.1. The summed E-state index contributed by atoms with van der Waals surface area (Å²) in [4.78, 5) is 22.1. The summed E-state index contributed by atoms with van der Waals surface area (Å²) in [5.74, 6) is 0.851. The van der Waals surface area contributed by atoms with Crippen LogP contribution in [0.3, 0.4) is 0 Å². The molecule has 0 aromatic heterocycles. The van der Waals surface area contributed by atoms with Crippen LogP contribution in [0, 0.1) is 18.8 Å². The Morgan fingerprint density at radius 2 is 1.63 bits per heavy atom. The minimum atomic E-state index is -0.411. The fourth-order valence-electron chi connectivity index (χ4n) is 2.80. The number of aryl methyl sites for hydroxylation is 1. The fourth-order valence-corrected chi connectivity index (χ4v) is 2.80. The maximum atomic E-state index is 11.8. The summed E-state index contributed by atoms with van der Waals surface area (Å²) < 4.78 is 0.